The summed E-state index contributed by atoms with van der Waals surface area (Å²) in [5.74, 6) is -0.339. The number of anilines is 2. The molecular formula is C15H23N3O2. The molecule has 0 aliphatic heterocycles. The highest BCUT2D eigenvalue weighted by atomic mass is 16.5. The van der Waals surface area contributed by atoms with Gasteiger partial charge in [-0.05, 0) is 50.8 Å². The average molecular weight is 277 g/mol. The Kier molecular flexibility index (Phi) is 4.84. The zero-order valence-electron chi connectivity index (χ0n) is 11.9. The smallest absolute Gasteiger partial charge is 0.338 e. The van der Waals surface area contributed by atoms with Crippen LogP contribution in [0.3, 0.4) is 0 Å². The van der Waals surface area contributed by atoms with Gasteiger partial charge >= 0.3 is 5.97 Å². The van der Waals surface area contributed by atoms with E-state index in [1.54, 1.807) is 19.1 Å². The van der Waals surface area contributed by atoms with Crippen LogP contribution in [0.25, 0.3) is 0 Å². The van der Waals surface area contributed by atoms with Crippen LogP contribution in [-0.2, 0) is 4.74 Å². The lowest BCUT2D eigenvalue weighted by atomic mass is 9.91. The molecule has 1 aliphatic rings. The number of nitrogens with two attached hydrogens (primary N) is 2. The molecule has 0 radical (unpaired) electrons. The number of nitrogen functional groups attached to an aromatic ring is 1. The van der Waals surface area contributed by atoms with Crippen LogP contribution in [0.1, 0.15) is 43.0 Å². The highest BCUT2D eigenvalue weighted by molar-refractivity contribution is 5.91. The van der Waals surface area contributed by atoms with Gasteiger partial charge in [-0.15, -0.1) is 0 Å². The summed E-state index contributed by atoms with van der Waals surface area (Å²) in [5.41, 5.74) is 13.8. The van der Waals surface area contributed by atoms with E-state index in [0.29, 0.717) is 29.9 Å². The van der Waals surface area contributed by atoms with E-state index in [9.17, 15) is 4.79 Å². The molecule has 0 heterocycles. The molecule has 0 unspecified atom stereocenters. The maximum Gasteiger partial charge on any atom is 0.338 e. The number of hydrogen-bond acceptors (Lipinski definition) is 5. The van der Waals surface area contributed by atoms with Gasteiger partial charge in [-0.3, -0.25) is 0 Å². The van der Waals surface area contributed by atoms with Crippen LogP contribution in [0.2, 0.25) is 0 Å². The summed E-state index contributed by atoms with van der Waals surface area (Å²) in [6.45, 7) is 2.14. The minimum absolute atomic E-state index is 0.330. The van der Waals surface area contributed by atoms with Gasteiger partial charge in [-0.25, -0.2) is 4.79 Å². The molecule has 20 heavy (non-hydrogen) atoms. The third kappa shape index (κ3) is 3.63. The highest BCUT2D eigenvalue weighted by Gasteiger charge is 2.19. The van der Waals surface area contributed by atoms with Gasteiger partial charge in [0.2, 0.25) is 0 Å². The van der Waals surface area contributed by atoms with E-state index in [4.69, 9.17) is 16.2 Å². The lowest BCUT2D eigenvalue weighted by molar-refractivity contribution is 0.0526. The lowest BCUT2D eigenvalue weighted by Gasteiger charge is -2.28. The van der Waals surface area contributed by atoms with Crippen LogP contribution in [0.15, 0.2) is 18.2 Å². The Labute approximate surface area is 119 Å². The largest absolute Gasteiger partial charge is 0.462 e. The number of rotatable bonds is 4. The van der Waals surface area contributed by atoms with Crippen LogP contribution in [0.4, 0.5) is 11.4 Å². The molecule has 110 valence electrons. The first-order valence-corrected chi connectivity index (χ1v) is 7.19. The van der Waals surface area contributed by atoms with Crippen molar-refractivity contribution in [2.24, 2.45) is 5.73 Å². The van der Waals surface area contributed by atoms with E-state index < -0.39 is 0 Å². The van der Waals surface area contributed by atoms with Crippen LogP contribution in [0.5, 0.6) is 0 Å². The minimum Gasteiger partial charge on any atom is -0.462 e. The molecule has 5 N–H and O–H groups in total. The maximum atomic E-state index is 11.6. The molecule has 1 aromatic carbocycles. The van der Waals surface area contributed by atoms with Gasteiger partial charge in [0.15, 0.2) is 0 Å². The summed E-state index contributed by atoms with van der Waals surface area (Å²) in [5, 5.41) is 3.44. The zero-order chi connectivity index (χ0) is 14.5. The van der Waals surface area contributed by atoms with Gasteiger partial charge < -0.3 is 21.5 Å². The quantitative estimate of drug-likeness (QED) is 0.579. The maximum absolute atomic E-state index is 11.6. The van der Waals surface area contributed by atoms with Crippen molar-refractivity contribution in [3.8, 4) is 0 Å². The fraction of sp³-hybridized carbons (Fsp3) is 0.533. The van der Waals surface area contributed by atoms with Crippen molar-refractivity contribution in [1.29, 1.82) is 0 Å². The predicted molar refractivity (Wildman–Crippen MR) is 80.7 cm³/mol. The Balaban J connectivity index is 2.00. The molecule has 0 aromatic heterocycles. The summed E-state index contributed by atoms with van der Waals surface area (Å²) >= 11 is 0. The Bertz CT molecular complexity index is 468. The molecule has 0 spiro atoms. The average Bonchev–Trinajstić information content (AvgIpc) is 2.43. The number of nitrogens with one attached hydrogen (secondary N) is 1. The molecule has 1 aromatic rings. The summed E-state index contributed by atoms with van der Waals surface area (Å²) in [6.07, 6.45) is 4.19. The molecule has 1 aliphatic carbocycles. The monoisotopic (exact) mass is 277 g/mol. The minimum atomic E-state index is -0.339. The molecule has 1 saturated carbocycles. The number of ether oxygens (including phenoxy) is 1. The van der Waals surface area contributed by atoms with Crippen molar-refractivity contribution in [2.75, 3.05) is 17.7 Å². The Morgan fingerprint density at radius 1 is 1.35 bits per heavy atom. The molecule has 2 rings (SSSR count). The van der Waals surface area contributed by atoms with E-state index in [1.165, 1.54) is 0 Å². The molecule has 1 fully saturated rings. The van der Waals surface area contributed by atoms with Crippen molar-refractivity contribution in [2.45, 2.75) is 44.7 Å². The van der Waals surface area contributed by atoms with Crippen molar-refractivity contribution in [3.05, 3.63) is 23.8 Å². The standard InChI is InChI=1S/C15H23N3O2/c1-2-20-15(19)10-3-8-14(13(17)9-10)18-12-6-4-11(16)5-7-12/h3,8-9,11-12,18H,2,4-7,16-17H2,1H3. The molecule has 0 saturated heterocycles. The summed E-state index contributed by atoms with van der Waals surface area (Å²) in [4.78, 5) is 11.6. The molecule has 0 amide bonds. The van der Waals surface area contributed by atoms with Crippen LogP contribution in [-0.4, -0.2) is 24.7 Å². The number of esters is 1. The third-order valence-electron chi connectivity index (χ3n) is 3.69. The van der Waals surface area contributed by atoms with E-state index in [1.807, 2.05) is 6.07 Å². The van der Waals surface area contributed by atoms with Gasteiger partial charge in [0.05, 0.1) is 23.5 Å². The Morgan fingerprint density at radius 2 is 2.05 bits per heavy atom. The number of benzene rings is 1. The van der Waals surface area contributed by atoms with Crippen LogP contribution < -0.4 is 16.8 Å². The van der Waals surface area contributed by atoms with Gasteiger partial charge in [0.25, 0.3) is 0 Å². The van der Waals surface area contributed by atoms with E-state index in [2.05, 4.69) is 5.32 Å². The SMILES string of the molecule is CCOC(=O)c1ccc(NC2CCC(N)CC2)c(N)c1. The van der Waals surface area contributed by atoms with Gasteiger partial charge in [-0.1, -0.05) is 0 Å². The Hall–Kier alpha value is -1.75. The Morgan fingerprint density at radius 3 is 2.65 bits per heavy atom. The lowest BCUT2D eigenvalue weighted by Crippen LogP contribution is -2.33. The fourth-order valence-electron chi connectivity index (χ4n) is 2.52. The molecule has 0 atom stereocenters. The van der Waals surface area contributed by atoms with Crippen molar-refractivity contribution in [3.63, 3.8) is 0 Å². The summed E-state index contributed by atoms with van der Waals surface area (Å²) in [7, 11) is 0. The van der Waals surface area contributed by atoms with Gasteiger partial charge in [0, 0.05) is 12.1 Å². The van der Waals surface area contributed by atoms with E-state index in [0.717, 1.165) is 31.4 Å². The van der Waals surface area contributed by atoms with Gasteiger partial charge in [0.1, 0.15) is 0 Å². The fourth-order valence-corrected chi connectivity index (χ4v) is 2.52. The molecule has 5 heteroatoms. The summed E-state index contributed by atoms with van der Waals surface area (Å²) in [6, 6.07) is 5.98. The molecule has 5 nitrogen and oxygen atoms in total. The van der Waals surface area contributed by atoms with Gasteiger partial charge in [-0.2, -0.15) is 0 Å². The number of carbonyl (C=O) groups is 1. The van der Waals surface area contributed by atoms with Crippen molar-refractivity contribution in [1.82, 2.24) is 0 Å². The molecular weight excluding hydrogens is 254 g/mol. The number of hydrogen-bond donors (Lipinski definition) is 3. The normalized spacial score (nSPS) is 22.3. The zero-order valence-corrected chi connectivity index (χ0v) is 11.9. The second-order valence-electron chi connectivity index (χ2n) is 5.28. The topological polar surface area (TPSA) is 90.4 Å². The van der Waals surface area contributed by atoms with E-state index in [-0.39, 0.29) is 5.97 Å². The first kappa shape index (κ1) is 14.7. The predicted octanol–water partition coefficient (Wildman–Crippen LogP) is 2.13. The van der Waals surface area contributed by atoms with Crippen LogP contribution >= 0.6 is 0 Å². The second-order valence-corrected chi connectivity index (χ2v) is 5.28. The molecule has 0 bridgehead atoms. The first-order chi connectivity index (χ1) is 9.60. The number of carbonyl (C=O) groups excluding carboxylic acids is 1. The third-order valence-corrected chi connectivity index (χ3v) is 3.69. The van der Waals surface area contributed by atoms with Crippen LogP contribution in [0, 0.1) is 0 Å². The first-order valence-electron chi connectivity index (χ1n) is 7.19. The summed E-state index contributed by atoms with van der Waals surface area (Å²) < 4.78 is 4.96. The van der Waals surface area contributed by atoms with Crippen molar-refractivity contribution >= 4 is 17.3 Å². The highest BCUT2D eigenvalue weighted by Crippen LogP contribution is 2.25. The van der Waals surface area contributed by atoms with E-state index >= 15 is 0 Å². The second kappa shape index (κ2) is 6.61. The van der Waals surface area contributed by atoms with Crippen molar-refractivity contribution < 1.29 is 9.53 Å².